The Bertz CT molecular complexity index is 924. The van der Waals surface area contributed by atoms with E-state index in [0.717, 1.165) is 40.3 Å². The maximum atomic E-state index is 12.5. The van der Waals surface area contributed by atoms with Crippen LogP contribution in [0, 0.1) is 0 Å². The van der Waals surface area contributed by atoms with Gasteiger partial charge in [-0.25, -0.2) is 9.97 Å². The Morgan fingerprint density at radius 1 is 1.33 bits per heavy atom. The number of rotatable bonds is 6. The van der Waals surface area contributed by atoms with Crippen LogP contribution < -0.4 is 5.32 Å². The Morgan fingerprint density at radius 3 is 3.00 bits per heavy atom. The number of ether oxygens (including phenoxy) is 1. The highest BCUT2D eigenvalue weighted by atomic mass is 32.2. The van der Waals surface area contributed by atoms with Gasteiger partial charge in [0.15, 0.2) is 5.82 Å². The number of carbonyl (C=O) groups excluding carboxylic acids is 1. The van der Waals surface area contributed by atoms with Crippen molar-refractivity contribution < 1.29 is 9.53 Å². The van der Waals surface area contributed by atoms with Gasteiger partial charge in [-0.05, 0) is 37.3 Å². The average molecular weight is 400 g/mol. The molecule has 5 nitrogen and oxygen atoms in total. The fourth-order valence-electron chi connectivity index (χ4n) is 3.04. The summed E-state index contributed by atoms with van der Waals surface area (Å²) >= 11 is 3.09. The number of aromatic nitrogens is 2. The van der Waals surface area contributed by atoms with Gasteiger partial charge in [-0.15, -0.1) is 11.3 Å². The van der Waals surface area contributed by atoms with Gasteiger partial charge in [-0.1, -0.05) is 36.0 Å². The van der Waals surface area contributed by atoms with Crippen molar-refractivity contribution in [1.29, 1.82) is 0 Å². The number of nitrogens with one attached hydrogen (secondary N) is 1. The van der Waals surface area contributed by atoms with E-state index in [4.69, 9.17) is 9.72 Å². The lowest BCUT2D eigenvalue weighted by Gasteiger charge is -2.15. The predicted octanol–water partition coefficient (Wildman–Crippen LogP) is 4.13. The minimum absolute atomic E-state index is 0.0101. The molecule has 1 fully saturated rings. The van der Waals surface area contributed by atoms with Crippen LogP contribution in [-0.4, -0.2) is 40.4 Å². The predicted molar refractivity (Wildman–Crippen MR) is 110 cm³/mol. The highest BCUT2D eigenvalue weighted by molar-refractivity contribution is 8.00. The number of benzene rings is 1. The molecule has 140 valence electrons. The zero-order valence-corrected chi connectivity index (χ0v) is 16.7. The van der Waals surface area contributed by atoms with Crippen LogP contribution in [0.4, 0.5) is 0 Å². The number of fused-ring (bicyclic) bond motifs is 1. The van der Waals surface area contributed by atoms with Crippen molar-refractivity contribution in [3.8, 4) is 10.7 Å². The number of thioether (sulfide) groups is 1. The summed E-state index contributed by atoms with van der Waals surface area (Å²) in [5, 5.41) is 6.59. The maximum absolute atomic E-state index is 12.5. The number of para-hydroxylation sites is 1. The third-order valence-corrected chi connectivity index (χ3v) is 6.46. The van der Waals surface area contributed by atoms with Crippen molar-refractivity contribution in [3.63, 3.8) is 0 Å². The summed E-state index contributed by atoms with van der Waals surface area (Å²) in [6, 6.07) is 11.9. The SMILES string of the molecule is C[C@@H](Sc1nc(-c2cccs2)nc2ccccc12)C(=O)NC[C@H]1CCCO1. The molecule has 0 bridgehead atoms. The average Bonchev–Trinajstić information content (AvgIpc) is 3.39. The summed E-state index contributed by atoms with van der Waals surface area (Å²) in [7, 11) is 0. The van der Waals surface area contributed by atoms with Gasteiger partial charge in [0, 0.05) is 18.5 Å². The van der Waals surface area contributed by atoms with Crippen LogP contribution in [0.2, 0.25) is 0 Å². The van der Waals surface area contributed by atoms with Crippen LogP contribution in [0.15, 0.2) is 46.8 Å². The zero-order chi connectivity index (χ0) is 18.6. The molecule has 7 heteroatoms. The highest BCUT2D eigenvalue weighted by Gasteiger charge is 2.21. The van der Waals surface area contributed by atoms with Crippen LogP contribution >= 0.6 is 23.1 Å². The second-order valence-corrected chi connectivity index (χ2v) is 8.76. The molecule has 3 heterocycles. The molecule has 1 aliphatic heterocycles. The molecule has 1 aromatic carbocycles. The van der Waals surface area contributed by atoms with Crippen molar-refractivity contribution in [2.24, 2.45) is 0 Å². The smallest absolute Gasteiger partial charge is 0.233 e. The van der Waals surface area contributed by atoms with Crippen LogP contribution in [0.25, 0.3) is 21.6 Å². The van der Waals surface area contributed by atoms with E-state index in [1.54, 1.807) is 11.3 Å². The summed E-state index contributed by atoms with van der Waals surface area (Å²) in [4.78, 5) is 23.0. The molecular formula is C20H21N3O2S2. The van der Waals surface area contributed by atoms with Gasteiger partial charge >= 0.3 is 0 Å². The fraction of sp³-hybridized carbons (Fsp3) is 0.350. The molecule has 3 aromatic rings. The molecule has 27 heavy (non-hydrogen) atoms. The summed E-state index contributed by atoms with van der Waals surface area (Å²) in [6.07, 6.45) is 2.24. The fourth-order valence-corrected chi connectivity index (χ4v) is 4.66. The van der Waals surface area contributed by atoms with Gasteiger partial charge in [0.25, 0.3) is 0 Å². The molecule has 2 atom stereocenters. The first-order chi connectivity index (χ1) is 13.2. The molecule has 1 aliphatic rings. The first kappa shape index (κ1) is 18.4. The lowest BCUT2D eigenvalue weighted by molar-refractivity contribution is -0.120. The second-order valence-electron chi connectivity index (χ2n) is 6.49. The lowest BCUT2D eigenvalue weighted by Crippen LogP contribution is -2.36. The number of amides is 1. The van der Waals surface area contributed by atoms with Crippen molar-refractivity contribution >= 4 is 39.9 Å². The summed E-state index contributed by atoms with van der Waals surface area (Å²) < 4.78 is 5.58. The monoisotopic (exact) mass is 399 g/mol. The topological polar surface area (TPSA) is 64.1 Å². The summed E-state index contributed by atoms with van der Waals surface area (Å²) in [5.41, 5.74) is 0.894. The van der Waals surface area contributed by atoms with Crippen molar-refractivity contribution in [2.45, 2.75) is 36.1 Å². The van der Waals surface area contributed by atoms with Crippen LogP contribution in [0.3, 0.4) is 0 Å². The molecule has 0 saturated carbocycles. The number of hydrogen-bond donors (Lipinski definition) is 1. The van der Waals surface area contributed by atoms with Crippen LogP contribution in [-0.2, 0) is 9.53 Å². The van der Waals surface area contributed by atoms with E-state index in [0.29, 0.717) is 12.4 Å². The Morgan fingerprint density at radius 2 is 2.22 bits per heavy atom. The molecule has 1 saturated heterocycles. The van der Waals surface area contributed by atoms with E-state index in [9.17, 15) is 4.79 Å². The number of hydrogen-bond acceptors (Lipinski definition) is 6. The van der Waals surface area contributed by atoms with Crippen molar-refractivity contribution in [1.82, 2.24) is 15.3 Å². The third-order valence-electron chi connectivity index (χ3n) is 4.50. The van der Waals surface area contributed by atoms with E-state index in [2.05, 4.69) is 10.3 Å². The molecule has 4 rings (SSSR count). The Hall–Kier alpha value is -1.96. The summed E-state index contributed by atoms with van der Waals surface area (Å²) in [6.45, 7) is 3.29. The van der Waals surface area contributed by atoms with Crippen molar-refractivity contribution in [2.75, 3.05) is 13.2 Å². The van der Waals surface area contributed by atoms with Crippen LogP contribution in [0.1, 0.15) is 19.8 Å². The second kappa shape index (κ2) is 8.37. The Balaban J connectivity index is 1.54. The van der Waals surface area contributed by atoms with E-state index in [-0.39, 0.29) is 17.3 Å². The molecule has 1 amide bonds. The normalized spacial score (nSPS) is 17.9. The molecule has 1 N–H and O–H groups in total. The molecule has 0 radical (unpaired) electrons. The van der Waals surface area contributed by atoms with Crippen LogP contribution in [0.5, 0.6) is 0 Å². The van der Waals surface area contributed by atoms with E-state index < -0.39 is 0 Å². The van der Waals surface area contributed by atoms with Gasteiger partial charge < -0.3 is 10.1 Å². The molecule has 0 unspecified atom stereocenters. The molecule has 0 aliphatic carbocycles. The largest absolute Gasteiger partial charge is 0.376 e. The highest BCUT2D eigenvalue weighted by Crippen LogP contribution is 2.32. The number of carbonyl (C=O) groups is 1. The first-order valence-electron chi connectivity index (χ1n) is 9.07. The third kappa shape index (κ3) is 4.31. The van der Waals surface area contributed by atoms with Gasteiger partial charge in [0.2, 0.25) is 5.91 Å². The lowest BCUT2D eigenvalue weighted by atomic mass is 10.2. The summed E-state index contributed by atoms with van der Waals surface area (Å²) in [5.74, 6) is 0.717. The van der Waals surface area contributed by atoms with Crippen molar-refractivity contribution in [3.05, 3.63) is 41.8 Å². The molecular weight excluding hydrogens is 378 g/mol. The van der Waals surface area contributed by atoms with E-state index >= 15 is 0 Å². The van der Waals surface area contributed by atoms with Gasteiger partial charge in [-0.2, -0.15) is 0 Å². The minimum atomic E-state index is -0.249. The number of thiophene rings is 1. The molecule has 2 aromatic heterocycles. The minimum Gasteiger partial charge on any atom is -0.376 e. The Labute approximate surface area is 166 Å². The zero-order valence-electron chi connectivity index (χ0n) is 15.1. The van der Waals surface area contributed by atoms with E-state index in [1.807, 2.05) is 48.7 Å². The Kier molecular flexibility index (Phi) is 5.71. The standard InChI is InChI=1S/C20H21N3O2S2/c1-13(19(24)21-12-14-6-4-10-25-14)27-20-15-7-2-3-8-16(15)22-18(23-20)17-9-5-11-26-17/h2-3,5,7-9,11,13-14H,4,6,10,12H2,1H3,(H,21,24)/t13-,14-/m1/s1. The van der Waals surface area contributed by atoms with Gasteiger partial charge in [0.05, 0.1) is 21.7 Å². The first-order valence-corrected chi connectivity index (χ1v) is 10.8. The van der Waals surface area contributed by atoms with E-state index in [1.165, 1.54) is 11.8 Å². The quantitative estimate of drug-likeness (QED) is 0.499. The number of nitrogens with zero attached hydrogens (tertiary/aromatic N) is 2. The van der Waals surface area contributed by atoms with Gasteiger partial charge in [0.1, 0.15) is 5.03 Å². The van der Waals surface area contributed by atoms with Gasteiger partial charge in [-0.3, -0.25) is 4.79 Å². The molecule has 0 spiro atoms. The maximum Gasteiger partial charge on any atom is 0.233 e.